The number of nitrogens with zero attached hydrogens (tertiary/aromatic N) is 2. The van der Waals surface area contributed by atoms with Crippen molar-refractivity contribution in [1.82, 2.24) is 9.97 Å². The van der Waals surface area contributed by atoms with Gasteiger partial charge in [0.15, 0.2) is 11.4 Å². The summed E-state index contributed by atoms with van der Waals surface area (Å²) in [6, 6.07) is 7.55. The van der Waals surface area contributed by atoms with Gasteiger partial charge >= 0.3 is 0 Å². The first-order valence-corrected chi connectivity index (χ1v) is 7.39. The standard InChI is InChI=1S/C12H11N5O3S/c13-11-10-9(5-6-20-10)16-12(17-11)15-7-1-3-8(4-2-7)21(14,18)19/h1-6H,(H2,14,18,19)(H3,13,15,16,17). The Balaban J connectivity index is 1.91. The van der Waals surface area contributed by atoms with Gasteiger partial charge in [0.1, 0.15) is 5.52 Å². The summed E-state index contributed by atoms with van der Waals surface area (Å²) in [5, 5.41) is 7.96. The normalized spacial score (nSPS) is 11.7. The molecule has 5 N–H and O–H groups in total. The Hall–Kier alpha value is -2.65. The monoisotopic (exact) mass is 305 g/mol. The predicted molar refractivity (Wildman–Crippen MR) is 77.3 cm³/mol. The lowest BCUT2D eigenvalue weighted by Gasteiger charge is -2.06. The van der Waals surface area contributed by atoms with Gasteiger partial charge in [0.2, 0.25) is 16.0 Å². The van der Waals surface area contributed by atoms with Crippen molar-refractivity contribution in [2.45, 2.75) is 4.90 Å². The summed E-state index contributed by atoms with van der Waals surface area (Å²) in [5.41, 5.74) is 7.35. The number of aromatic nitrogens is 2. The van der Waals surface area contributed by atoms with Crippen LogP contribution >= 0.6 is 0 Å². The van der Waals surface area contributed by atoms with Crippen LogP contribution < -0.4 is 16.2 Å². The molecule has 21 heavy (non-hydrogen) atoms. The van der Waals surface area contributed by atoms with Crippen molar-refractivity contribution < 1.29 is 12.8 Å². The summed E-state index contributed by atoms with van der Waals surface area (Å²) >= 11 is 0. The van der Waals surface area contributed by atoms with Gasteiger partial charge in [-0.1, -0.05) is 0 Å². The fraction of sp³-hybridized carbons (Fsp3) is 0. The Labute approximate surface area is 119 Å². The third-order valence-electron chi connectivity index (χ3n) is 2.77. The first-order valence-electron chi connectivity index (χ1n) is 5.84. The molecule has 0 bridgehead atoms. The van der Waals surface area contributed by atoms with E-state index in [0.29, 0.717) is 16.8 Å². The SMILES string of the molecule is Nc1nc(Nc2ccc(S(N)(=O)=O)cc2)nc2ccoc12. The largest absolute Gasteiger partial charge is 0.459 e. The second kappa shape index (κ2) is 4.72. The van der Waals surface area contributed by atoms with Crippen LogP contribution in [0.2, 0.25) is 0 Å². The number of benzene rings is 1. The highest BCUT2D eigenvalue weighted by atomic mass is 32.2. The molecule has 9 heteroatoms. The van der Waals surface area contributed by atoms with Crippen LogP contribution in [-0.4, -0.2) is 18.4 Å². The van der Waals surface area contributed by atoms with Crippen molar-refractivity contribution in [1.29, 1.82) is 0 Å². The van der Waals surface area contributed by atoms with Crippen molar-refractivity contribution in [2.75, 3.05) is 11.1 Å². The lowest BCUT2D eigenvalue weighted by atomic mass is 10.3. The summed E-state index contributed by atoms with van der Waals surface area (Å²) in [6.45, 7) is 0. The molecule has 0 atom stereocenters. The Morgan fingerprint density at radius 1 is 1.10 bits per heavy atom. The zero-order valence-corrected chi connectivity index (χ0v) is 11.5. The maximum atomic E-state index is 11.2. The summed E-state index contributed by atoms with van der Waals surface area (Å²) in [6.07, 6.45) is 1.47. The maximum absolute atomic E-state index is 11.2. The molecule has 3 aromatic rings. The minimum atomic E-state index is -3.71. The van der Waals surface area contributed by atoms with Crippen LogP contribution in [-0.2, 0) is 10.0 Å². The molecule has 2 aromatic heterocycles. The van der Waals surface area contributed by atoms with E-state index in [9.17, 15) is 8.42 Å². The third kappa shape index (κ3) is 2.64. The molecule has 1 aromatic carbocycles. The number of anilines is 3. The smallest absolute Gasteiger partial charge is 0.238 e. The molecule has 0 radical (unpaired) electrons. The number of nitrogen functional groups attached to an aromatic ring is 1. The molecular formula is C12H11N5O3S. The number of sulfonamides is 1. The lowest BCUT2D eigenvalue weighted by Crippen LogP contribution is -2.11. The van der Waals surface area contributed by atoms with E-state index in [4.69, 9.17) is 15.3 Å². The third-order valence-corrected chi connectivity index (χ3v) is 3.70. The van der Waals surface area contributed by atoms with Gasteiger partial charge in [-0.3, -0.25) is 0 Å². The molecule has 0 fully saturated rings. The second-order valence-electron chi connectivity index (χ2n) is 4.26. The molecular weight excluding hydrogens is 294 g/mol. The molecule has 8 nitrogen and oxygen atoms in total. The number of rotatable bonds is 3. The topological polar surface area (TPSA) is 137 Å². The summed E-state index contributed by atoms with van der Waals surface area (Å²) in [7, 11) is -3.71. The Bertz CT molecular complexity index is 902. The molecule has 0 aliphatic rings. The maximum Gasteiger partial charge on any atom is 0.238 e. The molecule has 3 rings (SSSR count). The average Bonchev–Trinajstić information content (AvgIpc) is 2.87. The van der Waals surface area contributed by atoms with Gasteiger partial charge in [-0.25, -0.2) is 18.5 Å². The quantitative estimate of drug-likeness (QED) is 0.661. The molecule has 0 aliphatic heterocycles. The van der Waals surface area contributed by atoms with Gasteiger partial charge in [0.05, 0.1) is 11.2 Å². The van der Waals surface area contributed by atoms with Crippen LogP contribution in [0, 0.1) is 0 Å². The second-order valence-corrected chi connectivity index (χ2v) is 5.82. The van der Waals surface area contributed by atoms with E-state index in [1.807, 2.05) is 0 Å². The van der Waals surface area contributed by atoms with E-state index in [1.54, 1.807) is 18.2 Å². The zero-order valence-electron chi connectivity index (χ0n) is 10.6. The lowest BCUT2D eigenvalue weighted by molar-refractivity contribution is 0.598. The Morgan fingerprint density at radius 2 is 1.81 bits per heavy atom. The number of hydrogen-bond acceptors (Lipinski definition) is 7. The molecule has 108 valence electrons. The first kappa shape index (κ1) is 13.3. The van der Waals surface area contributed by atoms with Crippen LogP contribution in [0.5, 0.6) is 0 Å². The molecule has 0 aliphatic carbocycles. The molecule has 0 amide bonds. The van der Waals surface area contributed by atoms with Gasteiger partial charge in [0, 0.05) is 11.8 Å². The van der Waals surface area contributed by atoms with Crippen LogP contribution in [0.3, 0.4) is 0 Å². The van der Waals surface area contributed by atoms with Crippen LogP contribution in [0.4, 0.5) is 17.5 Å². The molecule has 0 spiro atoms. The van der Waals surface area contributed by atoms with Gasteiger partial charge < -0.3 is 15.5 Å². The highest BCUT2D eigenvalue weighted by molar-refractivity contribution is 7.89. The molecule has 0 unspecified atom stereocenters. The van der Waals surface area contributed by atoms with Gasteiger partial charge in [-0.15, -0.1) is 0 Å². The van der Waals surface area contributed by atoms with E-state index in [1.165, 1.54) is 18.4 Å². The van der Waals surface area contributed by atoms with Crippen molar-refractivity contribution in [3.8, 4) is 0 Å². The van der Waals surface area contributed by atoms with E-state index in [-0.39, 0.29) is 16.7 Å². The highest BCUT2D eigenvalue weighted by Gasteiger charge is 2.09. The van der Waals surface area contributed by atoms with Crippen molar-refractivity contribution in [3.63, 3.8) is 0 Å². The average molecular weight is 305 g/mol. The number of nitrogens with one attached hydrogen (secondary N) is 1. The zero-order chi connectivity index (χ0) is 15.0. The van der Waals surface area contributed by atoms with Gasteiger partial charge in [-0.05, 0) is 24.3 Å². The molecule has 0 saturated carbocycles. The van der Waals surface area contributed by atoms with Crippen molar-refractivity contribution >= 4 is 38.6 Å². The number of furan rings is 1. The summed E-state index contributed by atoms with van der Waals surface area (Å²) in [4.78, 5) is 8.31. The number of fused-ring (bicyclic) bond motifs is 1. The van der Waals surface area contributed by atoms with Crippen LogP contribution in [0.1, 0.15) is 0 Å². The van der Waals surface area contributed by atoms with E-state index in [0.717, 1.165) is 0 Å². The fourth-order valence-electron chi connectivity index (χ4n) is 1.80. The highest BCUT2D eigenvalue weighted by Crippen LogP contribution is 2.22. The predicted octanol–water partition coefficient (Wildman–Crippen LogP) is 1.20. The van der Waals surface area contributed by atoms with Gasteiger partial charge in [-0.2, -0.15) is 4.98 Å². The number of hydrogen-bond donors (Lipinski definition) is 3. The number of primary sulfonamides is 1. The first-order chi connectivity index (χ1) is 9.93. The fourth-order valence-corrected chi connectivity index (χ4v) is 2.31. The molecule has 0 saturated heterocycles. The van der Waals surface area contributed by atoms with Gasteiger partial charge in [0.25, 0.3) is 0 Å². The Kier molecular flexibility index (Phi) is 3.00. The molecule has 2 heterocycles. The minimum absolute atomic E-state index is 0.0266. The van der Waals surface area contributed by atoms with Crippen LogP contribution in [0.15, 0.2) is 45.9 Å². The number of nitrogens with two attached hydrogens (primary N) is 2. The van der Waals surface area contributed by atoms with E-state index < -0.39 is 10.0 Å². The minimum Gasteiger partial charge on any atom is -0.459 e. The summed E-state index contributed by atoms with van der Waals surface area (Å²) in [5.74, 6) is 0.499. The van der Waals surface area contributed by atoms with Crippen LogP contribution in [0.25, 0.3) is 11.1 Å². The van der Waals surface area contributed by atoms with Crippen molar-refractivity contribution in [3.05, 3.63) is 36.6 Å². The van der Waals surface area contributed by atoms with E-state index in [2.05, 4.69) is 15.3 Å². The summed E-state index contributed by atoms with van der Waals surface area (Å²) < 4.78 is 27.5. The Morgan fingerprint density at radius 3 is 2.48 bits per heavy atom. The van der Waals surface area contributed by atoms with Crippen molar-refractivity contribution in [2.24, 2.45) is 5.14 Å². The van der Waals surface area contributed by atoms with E-state index >= 15 is 0 Å².